The molecule has 0 fully saturated rings. The van der Waals surface area contributed by atoms with Crippen molar-refractivity contribution in [3.8, 4) is 11.8 Å². The lowest BCUT2D eigenvalue weighted by Crippen LogP contribution is -2.39. The summed E-state index contributed by atoms with van der Waals surface area (Å²) in [6, 6.07) is 8.75. The minimum absolute atomic E-state index is 0.0346. The van der Waals surface area contributed by atoms with Crippen molar-refractivity contribution in [2.24, 2.45) is 0 Å². The molecule has 0 bridgehead atoms. The lowest BCUT2D eigenvalue weighted by molar-refractivity contribution is 0.0505. The number of aliphatic hydroxyl groups excluding tert-OH is 2. The predicted octanol–water partition coefficient (Wildman–Crippen LogP) is 0.239. The summed E-state index contributed by atoms with van der Waals surface area (Å²) in [5.41, 5.74) is 0.566. The van der Waals surface area contributed by atoms with Crippen LogP contribution in [0.15, 0.2) is 24.3 Å². The Morgan fingerprint density at radius 1 is 1.29 bits per heavy atom. The zero-order chi connectivity index (χ0) is 15.5. The van der Waals surface area contributed by atoms with Gasteiger partial charge in [0.15, 0.2) is 0 Å². The molecule has 0 aromatic heterocycles. The van der Waals surface area contributed by atoms with Gasteiger partial charge in [0.2, 0.25) is 0 Å². The summed E-state index contributed by atoms with van der Waals surface area (Å²) in [6.45, 7) is 2.26. The van der Waals surface area contributed by atoms with Gasteiger partial charge in [-0.3, -0.25) is 4.90 Å². The molecule has 1 rings (SSSR count). The summed E-state index contributed by atoms with van der Waals surface area (Å²) in [4.78, 5) is 1.91. The highest BCUT2D eigenvalue weighted by molar-refractivity contribution is 5.34. The number of hydrogen-bond donors (Lipinski definition) is 2. The fraction of sp³-hybridized carbons (Fsp3) is 0.533. The van der Waals surface area contributed by atoms with Gasteiger partial charge in [-0.1, -0.05) is 0 Å². The molecule has 0 amide bonds. The van der Waals surface area contributed by atoms with E-state index in [1.54, 1.807) is 31.4 Å². The highest BCUT2D eigenvalue weighted by Gasteiger charge is 2.12. The van der Waals surface area contributed by atoms with E-state index in [0.29, 0.717) is 37.6 Å². The van der Waals surface area contributed by atoms with Gasteiger partial charge in [0, 0.05) is 26.7 Å². The Morgan fingerprint density at radius 3 is 2.57 bits per heavy atom. The average Bonchev–Trinajstić information content (AvgIpc) is 2.51. The van der Waals surface area contributed by atoms with E-state index in [-0.39, 0.29) is 13.2 Å². The highest BCUT2D eigenvalue weighted by Crippen LogP contribution is 2.11. The number of nitriles is 1. The van der Waals surface area contributed by atoms with E-state index in [0.717, 1.165) is 0 Å². The monoisotopic (exact) mass is 294 g/mol. The number of ether oxygens (including phenoxy) is 2. The van der Waals surface area contributed by atoms with Crippen LogP contribution in [0, 0.1) is 11.3 Å². The quantitative estimate of drug-likeness (QED) is 0.643. The normalized spacial score (nSPS) is 12.1. The fourth-order valence-electron chi connectivity index (χ4n) is 1.83. The smallest absolute Gasteiger partial charge is 0.119 e. The second kappa shape index (κ2) is 10.1. The van der Waals surface area contributed by atoms with Crippen LogP contribution in [-0.4, -0.2) is 67.8 Å². The Morgan fingerprint density at radius 2 is 2.00 bits per heavy atom. The van der Waals surface area contributed by atoms with Crippen LogP contribution in [0.5, 0.6) is 5.75 Å². The van der Waals surface area contributed by atoms with Gasteiger partial charge in [0.1, 0.15) is 18.5 Å². The first-order chi connectivity index (χ1) is 10.2. The van der Waals surface area contributed by atoms with Crippen LogP contribution in [-0.2, 0) is 4.74 Å². The molecule has 0 heterocycles. The summed E-state index contributed by atoms with van der Waals surface area (Å²) in [6.07, 6.45) is -0.663. The highest BCUT2D eigenvalue weighted by atomic mass is 16.5. The fourth-order valence-corrected chi connectivity index (χ4v) is 1.83. The topological polar surface area (TPSA) is 86.0 Å². The number of hydrogen-bond acceptors (Lipinski definition) is 6. The summed E-state index contributed by atoms with van der Waals surface area (Å²) < 4.78 is 10.5. The third-order valence-electron chi connectivity index (χ3n) is 2.92. The summed E-state index contributed by atoms with van der Waals surface area (Å²) in [5, 5.41) is 27.7. The molecule has 2 N–H and O–H groups in total. The van der Waals surface area contributed by atoms with Crippen LogP contribution in [0.3, 0.4) is 0 Å². The molecule has 6 nitrogen and oxygen atoms in total. The van der Waals surface area contributed by atoms with E-state index >= 15 is 0 Å². The van der Waals surface area contributed by atoms with Crippen molar-refractivity contribution < 1.29 is 19.7 Å². The molecule has 21 heavy (non-hydrogen) atoms. The summed E-state index contributed by atoms with van der Waals surface area (Å²) in [7, 11) is 1.61. The second-order valence-corrected chi connectivity index (χ2v) is 4.62. The lowest BCUT2D eigenvalue weighted by atomic mass is 10.2. The molecule has 0 aliphatic heterocycles. The third-order valence-corrected chi connectivity index (χ3v) is 2.92. The molecule has 0 aliphatic carbocycles. The minimum Gasteiger partial charge on any atom is -0.491 e. The Bertz CT molecular complexity index is 430. The summed E-state index contributed by atoms with van der Waals surface area (Å²) >= 11 is 0. The number of benzene rings is 1. The maximum Gasteiger partial charge on any atom is 0.119 e. The van der Waals surface area contributed by atoms with Gasteiger partial charge in [-0.25, -0.2) is 0 Å². The molecule has 1 atom stereocenters. The first-order valence-corrected chi connectivity index (χ1v) is 6.82. The largest absolute Gasteiger partial charge is 0.491 e. The number of rotatable bonds is 10. The van der Waals surface area contributed by atoms with Gasteiger partial charge in [0.05, 0.1) is 24.8 Å². The lowest BCUT2D eigenvalue weighted by Gasteiger charge is -2.24. The zero-order valence-electron chi connectivity index (χ0n) is 12.2. The average molecular weight is 294 g/mol. The standard InChI is InChI=1S/C15H22N2O4/c1-20-9-7-17(6-8-18)11-14(19)12-21-15-4-2-13(10-16)3-5-15/h2-5,14,18-19H,6-9,11-12H2,1H3. The van der Waals surface area contributed by atoms with Crippen molar-refractivity contribution in [3.63, 3.8) is 0 Å². The van der Waals surface area contributed by atoms with E-state index in [1.165, 1.54) is 0 Å². The number of nitrogens with zero attached hydrogens (tertiary/aromatic N) is 2. The third kappa shape index (κ3) is 7.06. The molecule has 1 aromatic carbocycles. The molecule has 1 unspecified atom stereocenters. The Balaban J connectivity index is 2.36. The van der Waals surface area contributed by atoms with Crippen molar-refractivity contribution in [3.05, 3.63) is 29.8 Å². The Hall–Kier alpha value is -1.65. The van der Waals surface area contributed by atoms with E-state index < -0.39 is 6.10 Å². The molecule has 116 valence electrons. The molecule has 0 spiro atoms. The van der Waals surface area contributed by atoms with Gasteiger partial charge in [0.25, 0.3) is 0 Å². The molecular formula is C15H22N2O4. The second-order valence-electron chi connectivity index (χ2n) is 4.62. The first kappa shape index (κ1) is 17.4. The van der Waals surface area contributed by atoms with E-state index in [9.17, 15) is 5.11 Å². The van der Waals surface area contributed by atoms with Crippen molar-refractivity contribution in [1.29, 1.82) is 5.26 Å². The molecule has 0 saturated heterocycles. The van der Waals surface area contributed by atoms with Crippen LogP contribution in [0.1, 0.15) is 5.56 Å². The molecular weight excluding hydrogens is 272 g/mol. The van der Waals surface area contributed by atoms with Crippen LogP contribution in [0.2, 0.25) is 0 Å². The van der Waals surface area contributed by atoms with Gasteiger partial charge >= 0.3 is 0 Å². The van der Waals surface area contributed by atoms with Crippen LogP contribution in [0.4, 0.5) is 0 Å². The number of methoxy groups -OCH3 is 1. The van der Waals surface area contributed by atoms with Crippen molar-refractivity contribution in [1.82, 2.24) is 4.90 Å². The predicted molar refractivity (Wildman–Crippen MR) is 78.1 cm³/mol. The number of aliphatic hydroxyl groups is 2. The SMILES string of the molecule is COCCN(CCO)CC(O)COc1ccc(C#N)cc1. The van der Waals surface area contributed by atoms with Gasteiger partial charge < -0.3 is 19.7 Å². The van der Waals surface area contributed by atoms with E-state index in [1.807, 2.05) is 11.0 Å². The van der Waals surface area contributed by atoms with Crippen LogP contribution >= 0.6 is 0 Å². The van der Waals surface area contributed by atoms with Crippen LogP contribution in [0.25, 0.3) is 0 Å². The molecule has 1 aromatic rings. The molecule has 6 heteroatoms. The minimum atomic E-state index is -0.663. The zero-order valence-corrected chi connectivity index (χ0v) is 12.2. The van der Waals surface area contributed by atoms with Gasteiger partial charge in [-0.15, -0.1) is 0 Å². The van der Waals surface area contributed by atoms with E-state index in [4.69, 9.17) is 19.8 Å². The Labute approximate surface area is 125 Å². The Kier molecular flexibility index (Phi) is 8.40. The maximum absolute atomic E-state index is 9.97. The van der Waals surface area contributed by atoms with Crippen molar-refractivity contribution in [2.45, 2.75) is 6.10 Å². The summed E-state index contributed by atoms with van der Waals surface area (Å²) in [5.74, 6) is 0.610. The van der Waals surface area contributed by atoms with Crippen LogP contribution < -0.4 is 4.74 Å². The first-order valence-electron chi connectivity index (χ1n) is 6.82. The maximum atomic E-state index is 9.97. The van der Waals surface area contributed by atoms with Gasteiger partial charge in [-0.05, 0) is 24.3 Å². The molecule has 0 aliphatic rings. The van der Waals surface area contributed by atoms with E-state index in [2.05, 4.69) is 0 Å². The molecule has 0 saturated carbocycles. The molecule has 0 radical (unpaired) electrons. The van der Waals surface area contributed by atoms with Gasteiger partial charge in [-0.2, -0.15) is 5.26 Å². The van der Waals surface area contributed by atoms with Crippen molar-refractivity contribution >= 4 is 0 Å². The van der Waals surface area contributed by atoms with Crippen molar-refractivity contribution in [2.75, 3.05) is 46.6 Å².